The molecule has 19 heteroatoms. The molecular weight excluding hydrogens is 975 g/mol. The van der Waals surface area contributed by atoms with Crippen molar-refractivity contribution in [2.45, 2.75) is 65.7 Å². The van der Waals surface area contributed by atoms with E-state index in [-0.39, 0.29) is 0 Å². The molecule has 78 heavy (non-hydrogen) atoms. The highest BCUT2D eigenvalue weighted by Gasteiger charge is 2.20. The average molecular weight is 1020 g/mol. The predicted octanol–water partition coefficient (Wildman–Crippen LogP) is 8.81. The first-order valence-electron chi connectivity index (χ1n) is 26.2. The van der Waals surface area contributed by atoms with Gasteiger partial charge in [-0.2, -0.15) is 5.10 Å². The van der Waals surface area contributed by atoms with Crippen molar-refractivity contribution in [3.05, 3.63) is 186 Å². The molecule has 0 saturated carbocycles. The van der Waals surface area contributed by atoms with Crippen molar-refractivity contribution in [1.29, 1.82) is 0 Å². The molecule has 0 aliphatic rings. The van der Waals surface area contributed by atoms with Gasteiger partial charge in [0, 0.05) is 134 Å². The summed E-state index contributed by atoms with van der Waals surface area (Å²) in [6.45, 7) is 6.10. The van der Waals surface area contributed by atoms with E-state index in [1.54, 1.807) is 0 Å². The van der Waals surface area contributed by atoms with Crippen LogP contribution in [0.15, 0.2) is 123 Å². The third-order valence-corrected chi connectivity index (χ3v) is 15.4. The molecule has 15 rings (SSSR count). The second kappa shape index (κ2) is 17.6. The second-order valence-electron chi connectivity index (χ2n) is 20.3. The van der Waals surface area contributed by atoms with Gasteiger partial charge in [-0.25, -0.2) is 34.4 Å². The summed E-state index contributed by atoms with van der Waals surface area (Å²) in [7, 11) is 4.16. The molecule has 0 aliphatic heterocycles. The Morgan fingerprint density at radius 3 is 1.88 bits per heavy atom. The molecule has 380 valence electrons. The molecule has 0 spiro atoms. The standard InChI is InChI=1S/C59H49N19/c1-33-25-63-35(3)57-67-39(30-75(33)57)12-19-53-71-56-43-22-36(27-65-45(43)14-16-49(56)74(53)5)50-24-46-42(9-7-21-62-46)58-69-51(72-78(50)58)17-10-38-31-76-34(2)26-64-47(59(76)68-38)23-40-28-60-29-54-66-37(32-77(40)54)11-18-52-70-55-41-8-6-20-61-44(41)13-15-48(55)73(52)4/h6-9,13-16,20-22,24-32H,10-12,17-19,23H2,1-5H3. The summed E-state index contributed by atoms with van der Waals surface area (Å²) in [4.78, 5) is 58.9. The molecule has 13 heterocycles. The molecule has 0 N–H and O–H groups in total. The highest BCUT2D eigenvalue weighted by atomic mass is 15.3. The van der Waals surface area contributed by atoms with Gasteiger partial charge in [0.2, 0.25) is 0 Å². The fraction of sp³-hybridized carbons (Fsp3) is 0.203. The summed E-state index contributed by atoms with van der Waals surface area (Å²) < 4.78 is 12.7. The van der Waals surface area contributed by atoms with Crippen molar-refractivity contribution in [2.24, 2.45) is 14.1 Å². The first-order chi connectivity index (χ1) is 38.1. The van der Waals surface area contributed by atoms with Gasteiger partial charge in [0.1, 0.15) is 11.6 Å². The molecule has 2 aromatic carbocycles. The number of pyridine rings is 4. The van der Waals surface area contributed by atoms with Crippen LogP contribution in [0.2, 0.25) is 0 Å². The number of fused-ring (bicyclic) bond motifs is 12. The number of hydrogen-bond acceptors (Lipinski definition) is 13. The van der Waals surface area contributed by atoms with E-state index < -0.39 is 0 Å². The number of aryl methyl sites for hydroxylation is 11. The SMILES string of the molecule is Cc1ncc(C)n2cc(CCc3nc4c5cc(-c6cc7ncccc7c7nc(CCc8cn9c(C)cnc(Cc%10cncc%11nc(CCc%12nc%13c%14cccnc%14ccc%13n%12C)cn%10%11)c9n8)nn67)cnc5ccc4n3C)nc12. The minimum absolute atomic E-state index is 0.516. The normalized spacial score (nSPS) is 12.3. The zero-order valence-electron chi connectivity index (χ0n) is 43.5. The van der Waals surface area contributed by atoms with Gasteiger partial charge >= 0.3 is 0 Å². The number of nitrogens with zero attached hydrogens (tertiary/aromatic N) is 19. The van der Waals surface area contributed by atoms with Crippen molar-refractivity contribution in [3.8, 4) is 11.3 Å². The smallest absolute Gasteiger partial charge is 0.165 e. The van der Waals surface area contributed by atoms with Gasteiger partial charge in [0.25, 0.3) is 0 Å². The Kier molecular flexibility index (Phi) is 10.3. The van der Waals surface area contributed by atoms with Crippen LogP contribution in [0, 0.1) is 20.8 Å². The average Bonchev–Trinajstić information content (AvgIpc) is 4.42. The van der Waals surface area contributed by atoms with E-state index >= 15 is 0 Å². The zero-order chi connectivity index (χ0) is 52.3. The largest absolute Gasteiger partial charge is 0.331 e. The first kappa shape index (κ1) is 45.5. The Morgan fingerprint density at radius 2 is 1.13 bits per heavy atom. The van der Waals surface area contributed by atoms with Crippen LogP contribution in [0.4, 0.5) is 0 Å². The zero-order valence-corrected chi connectivity index (χ0v) is 43.5. The number of benzene rings is 2. The second-order valence-corrected chi connectivity index (χ2v) is 20.3. The molecule has 19 nitrogen and oxygen atoms in total. The Bertz CT molecular complexity index is 4890. The molecule has 0 saturated heterocycles. The summed E-state index contributed by atoms with van der Waals surface area (Å²) in [6, 6.07) is 20.6. The van der Waals surface area contributed by atoms with Crippen LogP contribution in [0.5, 0.6) is 0 Å². The summed E-state index contributed by atoms with van der Waals surface area (Å²) in [6.07, 6.45) is 24.0. The van der Waals surface area contributed by atoms with Crippen LogP contribution in [0.25, 0.3) is 88.6 Å². The fourth-order valence-corrected chi connectivity index (χ4v) is 11.3. The van der Waals surface area contributed by atoms with Crippen LogP contribution in [-0.2, 0) is 59.0 Å². The molecule has 0 amide bonds. The maximum atomic E-state index is 5.24. The summed E-state index contributed by atoms with van der Waals surface area (Å²) >= 11 is 0. The highest BCUT2D eigenvalue weighted by molar-refractivity contribution is 6.05. The Morgan fingerprint density at radius 1 is 0.487 bits per heavy atom. The van der Waals surface area contributed by atoms with Crippen molar-refractivity contribution >= 4 is 77.4 Å². The third kappa shape index (κ3) is 7.43. The molecule has 0 bridgehead atoms. The number of aromatic nitrogens is 19. The lowest BCUT2D eigenvalue weighted by Gasteiger charge is -2.08. The Hall–Kier alpha value is -9.91. The van der Waals surface area contributed by atoms with Crippen LogP contribution in [-0.4, -0.2) is 91.8 Å². The van der Waals surface area contributed by atoms with Gasteiger partial charge < -0.3 is 22.3 Å². The lowest BCUT2D eigenvalue weighted by molar-refractivity contribution is 0.778. The maximum Gasteiger partial charge on any atom is 0.165 e. The van der Waals surface area contributed by atoms with Crippen LogP contribution in [0.3, 0.4) is 0 Å². The molecule has 15 aromatic rings. The Balaban J connectivity index is 0.698. The molecular formula is C59H49N19. The number of hydrogen-bond donors (Lipinski definition) is 0. The van der Waals surface area contributed by atoms with Gasteiger partial charge in [0.05, 0.1) is 79.0 Å². The third-order valence-electron chi connectivity index (χ3n) is 15.4. The summed E-state index contributed by atoms with van der Waals surface area (Å²) in [5.41, 5.74) is 19.3. The summed E-state index contributed by atoms with van der Waals surface area (Å²) in [5, 5.41) is 8.11. The van der Waals surface area contributed by atoms with Crippen LogP contribution >= 0.6 is 0 Å². The van der Waals surface area contributed by atoms with E-state index in [4.69, 9.17) is 50.0 Å². The lowest BCUT2D eigenvalue weighted by Crippen LogP contribution is -2.04. The molecule has 0 atom stereocenters. The predicted molar refractivity (Wildman–Crippen MR) is 298 cm³/mol. The first-order valence-corrected chi connectivity index (χ1v) is 26.2. The van der Waals surface area contributed by atoms with Gasteiger partial charge in [-0.05, 0) is 101 Å². The van der Waals surface area contributed by atoms with Crippen LogP contribution in [0.1, 0.15) is 63.0 Å². The highest BCUT2D eigenvalue weighted by Crippen LogP contribution is 2.32. The number of imidazole rings is 5. The molecule has 0 unspecified atom stereocenters. The van der Waals surface area contributed by atoms with Gasteiger partial charge in [-0.3, -0.25) is 29.9 Å². The fourth-order valence-electron chi connectivity index (χ4n) is 11.3. The van der Waals surface area contributed by atoms with Crippen molar-refractivity contribution in [3.63, 3.8) is 0 Å². The topological polar surface area (TPSA) is 195 Å². The van der Waals surface area contributed by atoms with E-state index in [0.29, 0.717) is 25.1 Å². The summed E-state index contributed by atoms with van der Waals surface area (Å²) in [5.74, 6) is 2.68. The molecule has 0 radical (unpaired) electrons. The van der Waals surface area contributed by atoms with Crippen molar-refractivity contribution in [1.82, 2.24) is 91.8 Å². The van der Waals surface area contributed by atoms with E-state index in [1.807, 2.05) is 73.0 Å². The van der Waals surface area contributed by atoms with E-state index in [1.165, 1.54) is 0 Å². The molecule has 13 aromatic heterocycles. The van der Waals surface area contributed by atoms with Gasteiger partial charge in [-0.1, -0.05) is 0 Å². The van der Waals surface area contributed by atoms with E-state index in [2.05, 4.69) is 126 Å². The maximum absolute atomic E-state index is 5.24. The Labute approximate surface area is 444 Å². The monoisotopic (exact) mass is 1020 g/mol. The lowest BCUT2D eigenvalue weighted by atomic mass is 10.1. The minimum Gasteiger partial charge on any atom is -0.331 e. The van der Waals surface area contributed by atoms with Crippen molar-refractivity contribution < 1.29 is 0 Å². The van der Waals surface area contributed by atoms with E-state index in [0.717, 1.165) is 172 Å². The molecule has 0 aliphatic carbocycles. The number of rotatable bonds is 12. The minimum atomic E-state index is 0.516. The van der Waals surface area contributed by atoms with Gasteiger partial charge in [0.15, 0.2) is 28.4 Å². The van der Waals surface area contributed by atoms with E-state index in [9.17, 15) is 0 Å². The van der Waals surface area contributed by atoms with Gasteiger partial charge in [-0.15, -0.1) is 0 Å². The quantitative estimate of drug-likeness (QED) is 0.113. The molecule has 0 fully saturated rings. The van der Waals surface area contributed by atoms with Crippen molar-refractivity contribution in [2.75, 3.05) is 0 Å². The van der Waals surface area contributed by atoms with Crippen LogP contribution < -0.4 is 0 Å².